The zero-order valence-electron chi connectivity index (χ0n) is 19.5. The van der Waals surface area contributed by atoms with Crippen molar-refractivity contribution in [3.63, 3.8) is 0 Å². The second kappa shape index (κ2) is 11.0. The predicted molar refractivity (Wildman–Crippen MR) is 142 cm³/mol. The molecule has 0 saturated heterocycles. The zero-order valence-corrected chi connectivity index (χ0v) is 21.8. The molecule has 3 aromatic carbocycles. The lowest BCUT2D eigenvalue weighted by atomic mass is 9.89. The van der Waals surface area contributed by atoms with E-state index in [1.807, 2.05) is 6.92 Å². The van der Waals surface area contributed by atoms with E-state index in [4.69, 9.17) is 23.2 Å². The van der Waals surface area contributed by atoms with Crippen LogP contribution < -0.4 is 9.62 Å². The van der Waals surface area contributed by atoms with Gasteiger partial charge in [-0.15, -0.1) is 0 Å². The SMILES string of the molecule is CCC(NC(=O)CN(c1cc(Cl)ccc1Cl)S(=O)(=O)c1ccccc1)c1ccc2c(c1)CCCC2. The minimum absolute atomic E-state index is 0.0607. The van der Waals surface area contributed by atoms with Crippen LogP contribution in [0.1, 0.15) is 48.9 Å². The van der Waals surface area contributed by atoms with E-state index in [9.17, 15) is 13.2 Å². The van der Waals surface area contributed by atoms with Crippen LogP contribution in [0.25, 0.3) is 0 Å². The van der Waals surface area contributed by atoms with Crippen molar-refractivity contribution in [3.05, 3.63) is 93.5 Å². The van der Waals surface area contributed by atoms with Gasteiger partial charge in [0.25, 0.3) is 10.0 Å². The van der Waals surface area contributed by atoms with E-state index in [1.165, 1.54) is 48.2 Å². The fourth-order valence-corrected chi connectivity index (χ4v) is 6.35. The largest absolute Gasteiger partial charge is 0.348 e. The molecule has 0 bridgehead atoms. The second-order valence-corrected chi connectivity index (χ2v) is 11.4. The van der Waals surface area contributed by atoms with Crippen molar-refractivity contribution in [2.24, 2.45) is 0 Å². The van der Waals surface area contributed by atoms with E-state index in [-0.39, 0.29) is 21.6 Å². The molecule has 3 aromatic rings. The number of aryl methyl sites for hydroxylation is 2. The molecule has 1 aliphatic rings. The third-order valence-electron chi connectivity index (χ3n) is 6.31. The number of fused-ring (bicyclic) bond motifs is 1. The van der Waals surface area contributed by atoms with Crippen molar-refractivity contribution in [3.8, 4) is 0 Å². The molecule has 1 aliphatic carbocycles. The zero-order chi connectivity index (χ0) is 25.0. The van der Waals surface area contributed by atoms with Gasteiger partial charge in [-0.2, -0.15) is 0 Å². The van der Waals surface area contributed by atoms with Crippen LogP contribution in [-0.4, -0.2) is 20.9 Å². The summed E-state index contributed by atoms with van der Waals surface area (Å²) in [6, 6.07) is 18.7. The van der Waals surface area contributed by atoms with E-state index in [1.54, 1.807) is 24.3 Å². The summed E-state index contributed by atoms with van der Waals surface area (Å²) >= 11 is 12.5. The summed E-state index contributed by atoms with van der Waals surface area (Å²) < 4.78 is 28.1. The summed E-state index contributed by atoms with van der Waals surface area (Å²) in [5.41, 5.74) is 3.89. The average molecular weight is 532 g/mol. The van der Waals surface area contributed by atoms with Crippen LogP contribution in [-0.2, 0) is 27.7 Å². The van der Waals surface area contributed by atoms with Crippen molar-refractivity contribution in [2.75, 3.05) is 10.8 Å². The van der Waals surface area contributed by atoms with Gasteiger partial charge in [-0.05, 0) is 79.1 Å². The number of sulfonamides is 1. The Morgan fingerprint density at radius 1 is 0.971 bits per heavy atom. The molecule has 1 atom stereocenters. The summed E-state index contributed by atoms with van der Waals surface area (Å²) in [5, 5.41) is 3.53. The minimum Gasteiger partial charge on any atom is -0.348 e. The minimum atomic E-state index is -4.08. The smallest absolute Gasteiger partial charge is 0.264 e. The Labute approximate surface area is 217 Å². The number of hydrogen-bond acceptors (Lipinski definition) is 3. The number of rotatable bonds is 8. The molecule has 0 fully saturated rings. The Morgan fingerprint density at radius 3 is 2.40 bits per heavy atom. The van der Waals surface area contributed by atoms with E-state index >= 15 is 0 Å². The molecule has 1 amide bonds. The normalized spacial score (nSPS) is 14.1. The fraction of sp³-hybridized carbons (Fsp3) is 0.296. The maximum absolute atomic E-state index is 13.6. The van der Waals surface area contributed by atoms with Crippen molar-refractivity contribution in [1.29, 1.82) is 0 Å². The first-order chi connectivity index (χ1) is 16.8. The Hall–Kier alpha value is -2.54. The molecule has 8 heteroatoms. The first kappa shape index (κ1) is 25.5. The number of carbonyl (C=O) groups is 1. The summed E-state index contributed by atoms with van der Waals surface area (Å²) in [7, 11) is -4.08. The van der Waals surface area contributed by atoms with Crippen LogP contribution in [0, 0.1) is 0 Å². The molecular weight excluding hydrogens is 503 g/mol. The van der Waals surface area contributed by atoms with Crippen molar-refractivity contribution in [2.45, 2.75) is 50.0 Å². The Balaban J connectivity index is 1.62. The van der Waals surface area contributed by atoms with Crippen LogP contribution >= 0.6 is 23.2 Å². The third-order valence-corrected chi connectivity index (χ3v) is 8.64. The van der Waals surface area contributed by atoms with E-state index in [2.05, 4.69) is 23.5 Å². The number of anilines is 1. The molecule has 0 heterocycles. The van der Waals surface area contributed by atoms with Gasteiger partial charge in [0.1, 0.15) is 6.54 Å². The molecule has 5 nitrogen and oxygen atoms in total. The molecule has 0 spiro atoms. The van der Waals surface area contributed by atoms with E-state index < -0.39 is 22.5 Å². The first-order valence-electron chi connectivity index (χ1n) is 11.7. The molecule has 1 unspecified atom stereocenters. The lowest BCUT2D eigenvalue weighted by Crippen LogP contribution is -2.42. The molecule has 35 heavy (non-hydrogen) atoms. The first-order valence-corrected chi connectivity index (χ1v) is 13.9. The lowest BCUT2D eigenvalue weighted by Gasteiger charge is -2.27. The molecule has 1 N–H and O–H groups in total. The van der Waals surface area contributed by atoms with Gasteiger partial charge >= 0.3 is 0 Å². The van der Waals surface area contributed by atoms with Gasteiger partial charge in [0, 0.05) is 5.02 Å². The molecule has 0 aliphatic heterocycles. The van der Waals surface area contributed by atoms with Crippen LogP contribution in [0.5, 0.6) is 0 Å². The third kappa shape index (κ3) is 5.83. The van der Waals surface area contributed by atoms with E-state index in [0.29, 0.717) is 11.4 Å². The molecule has 184 valence electrons. The maximum atomic E-state index is 13.6. The van der Waals surface area contributed by atoms with E-state index in [0.717, 1.165) is 22.7 Å². The highest BCUT2D eigenvalue weighted by Crippen LogP contribution is 2.33. The monoisotopic (exact) mass is 530 g/mol. The number of nitrogens with zero attached hydrogens (tertiary/aromatic N) is 1. The summed E-state index contributed by atoms with van der Waals surface area (Å²) in [4.78, 5) is 13.3. The number of halogens is 2. The highest BCUT2D eigenvalue weighted by Gasteiger charge is 2.29. The van der Waals surface area contributed by atoms with Crippen LogP contribution in [0.3, 0.4) is 0 Å². The summed E-state index contributed by atoms with van der Waals surface area (Å²) in [6.45, 7) is 1.56. The number of nitrogens with one attached hydrogen (secondary N) is 1. The highest BCUT2D eigenvalue weighted by molar-refractivity contribution is 7.92. The fourth-order valence-electron chi connectivity index (χ4n) is 4.46. The van der Waals surface area contributed by atoms with Crippen molar-refractivity contribution in [1.82, 2.24) is 5.32 Å². The maximum Gasteiger partial charge on any atom is 0.264 e. The number of benzene rings is 3. The Morgan fingerprint density at radius 2 is 1.69 bits per heavy atom. The topological polar surface area (TPSA) is 66.5 Å². The molecule has 0 saturated carbocycles. The van der Waals surface area contributed by atoms with Gasteiger partial charge in [0.05, 0.1) is 21.6 Å². The van der Waals surface area contributed by atoms with Crippen LogP contribution in [0.15, 0.2) is 71.6 Å². The quantitative estimate of drug-likeness (QED) is 0.369. The summed E-state index contributed by atoms with van der Waals surface area (Å²) in [6.07, 6.45) is 5.19. The predicted octanol–water partition coefficient (Wildman–Crippen LogP) is 6.34. The van der Waals surface area contributed by atoms with Crippen LogP contribution in [0.2, 0.25) is 10.0 Å². The van der Waals surface area contributed by atoms with Gasteiger partial charge in [0.15, 0.2) is 0 Å². The van der Waals surface area contributed by atoms with Crippen LogP contribution in [0.4, 0.5) is 5.69 Å². The molecular formula is C27H28Cl2N2O3S. The van der Waals surface area contributed by atoms with Gasteiger partial charge < -0.3 is 5.32 Å². The highest BCUT2D eigenvalue weighted by atomic mass is 35.5. The molecule has 0 aromatic heterocycles. The van der Waals surface area contributed by atoms with Gasteiger partial charge in [-0.3, -0.25) is 9.10 Å². The molecule has 4 rings (SSSR count). The van der Waals surface area contributed by atoms with Gasteiger partial charge in [0.2, 0.25) is 5.91 Å². The van der Waals surface area contributed by atoms with Crippen molar-refractivity contribution >= 4 is 44.8 Å². The average Bonchev–Trinajstić information content (AvgIpc) is 2.87. The summed E-state index contributed by atoms with van der Waals surface area (Å²) in [5.74, 6) is -0.426. The number of hydrogen-bond donors (Lipinski definition) is 1. The lowest BCUT2D eigenvalue weighted by molar-refractivity contribution is -0.120. The number of carbonyl (C=O) groups excluding carboxylic acids is 1. The van der Waals surface area contributed by atoms with Gasteiger partial charge in [-0.1, -0.05) is 66.5 Å². The Kier molecular flexibility index (Phi) is 8.05. The Bertz CT molecular complexity index is 1310. The van der Waals surface area contributed by atoms with Gasteiger partial charge in [-0.25, -0.2) is 8.42 Å². The standard InChI is InChI=1S/C27H28Cl2N2O3S/c1-2-25(21-13-12-19-8-6-7-9-20(19)16-21)30-27(32)18-31(26-17-22(28)14-15-24(26)29)35(33,34)23-10-4-3-5-11-23/h3-5,10-17,25H,2,6-9,18H2,1H3,(H,30,32). The second-order valence-electron chi connectivity index (χ2n) is 8.68. The number of amides is 1. The molecule has 0 radical (unpaired) electrons. The van der Waals surface area contributed by atoms with Crippen molar-refractivity contribution < 1.29 is 13.2 Å².